The predicted molar refractivity (Wildman–Crippen MR) is 98.9 cm³/mol. The van der Waals surface area contributed by atoms with Crippen LogP contribution in [0.3, 0.4) is 0 Å². The first-order valence-electron chi connectivity index (χ1n) is 9.65. The van der Waals surface area contributed by atoms with E-state index in [9.17, 15) is 4.39 Å². The predicted octanol–water partition coefficient (Wildman–Crippen LogP) is 2.36. The van der Waals surface area contributed by atoms with E-state index in [1.807, 2.05) is 12.1 Å². The lowest BCUT2D eigenvalue weighted by Gasteiger charge is -2.38. The van der Waals surface area contributed by atoms with Crippen LogP contribution in [0, 0.1) is 5.82 Å². The van der Waals surface area contributed by atoms with Crippen molar-refractivity contribution in [1.82, 2.24) is 10.6 Å². The molecule has 0 spiro atoms. The van der Waals surface area contributed by atoms with Gasteiger partial charge in [0.25, 0.3) is 0 Å². The van der Waals surface area contributed by atoms with Gasteiger partial charge in [0.1, 0.15) is 5.82 Å². The maximum absolute atomic E-state index is 13.4. The van der Waals surface area contributed by atoms with Gasteiger partial charge in [-0.3, -0.25) is 4.99 Å². The van der Waals surface area contributed by atoms with Crippen molar-refractivity contribution >= 4 is 5.96 Å². The number of rotatable bonds is 4. The van der Waals surface area contributed by atoms with Crippen LogP contribution < -0.4 is 10.6 Å². The van der Waals surface area contributed by atoms with Gasteiger partial charge in [0, 0.05) is 32.2 Å². The number of hydrogen-bond donors (Lipinski definition) is 2. The summed E-state index contributed by atoms with van der Waals surface area (Å²) >= 11 is 0. The molecule has 3 heterocycles. The maximum Gasteiger partial charge on any atom is 0.191 e. The molecule has 0 amide bonds. The van der Waals surface area contributed by atoms with E-state index in [-0.39, 0.29) is 11.2 Å². The lowest BCUT2D eigenvalue weighted by Crippen LogP contribution is -2.51. The minimum atomic E-state index is -0.197. The Balaban J connectivity index is 1.43. The zero-order valence-electron chi connectivity index (χ0n) is 15.3. The van der Waals surface area contributed by atoms with E-state index in [0.29, 0.717) is 18.2 Å². The smallest absolute Gasteiger partial charge is 0.191 e. The first kappa shape index (κ1) is 17.7. The lowest BCUT2D eigenvalue weighted by atomic mass is 9.74. The Kier molecular flexibility index (Phi) is 5.14. The molecule has 1 aromatic rings. The molecule has 3 atom stereocenters. The summed E-state index contributed by atoms with van der Waals surface area (Å²) in [5, 5.41) is 7.05. The third-order valence-electron chi connectivity index (χ3n) is 6.15. The lowest BCUT2D eigenvalue weighted by molar-refractivity contribution is 0.0513. The first-order chi connectivity index (χ1) is 12.7. The van der Waals surface area contributed by atoms with Gasteiger partial charge in [0.15, 0.2) is 5.96 Å². The SMILES string of the molecule is CN=C(NCC1(c2ccc(F)cc2)CCOCC1)NC1CC2CCC1O2. The third kappa shape index (κ3) is 3.58. The highest BCUT2D eigenvalue weighted by Gasteiger charge is 2.41. The van der Waals surface area contributed by atoms with Crippen molar-refractivity contribution in [1.29, 1.82) is 0 Å². The molecule has 26 heavy (non-hydrogen) atoms. The monoisotopic (exact) mass is 361 g/mol. The Hall–Kier alpha value is -1.66. The molecule has 4 rings (SSSR count). The Labute approximate surface area is 154 Å². The van der Waals surface area contributed by atoms with Crippen LogP contribution in [0.5, 0.6) is 0 Å². The van der Waals surface area contributed by atoms with Gasteiger partial charge in [-0.25, -0.2) is 4.39 Å². The van der Waals surface area contributed by atoms with Gasteiger partial charge in [-0.2, -0.15) is 0 Å². The molecule has 3 saturated heterocycles. The van der Waals surface area contributed by atoms with E-state index < -0.39 is 0 Å². The zero-order valence-corrected chi connectivity index (χ0v) is 15.3. The van der Waals surface area contributed by atoms with Crippen LogP contribution in [0.2, 0.25) is 0 Å². The summed E-state index contributed by atoms with van der Waals surface area (Å²) in [6, 6.07) is 7.25. The molecule has 2 N–H and O–H groups in total. The molecule has 3 aliphatic rings. The molecule has 3 aliphatic heterocycles. The summed E-state index contributed by atoms with van der Waals surface area (Å²) < 4.78 is 24.9. The fourth-order valence-electron chi connectivity index (χ4n) is 4.55. The van der Waals surface area contributed by atoms with Crippen LogP contribution in [-0.4, -0.2) is 51.0 Å². The summed E-state index contributed by atoms with van der Waals surface area (Å²) in [7, 11) is 1.80. The summed E-state index contributed by atoms with van der Waals surface area (Å²) in [6.07, 6.45) is 5.94. The fourth-order valence-corrected chi connectivity index (χ4v) is 4.55. The second-order valence-corrected chi connectivity index (χ2v) is 7.69. The van der Waals surface area contributed by atoms with Crippen LogP contribution in [0.15, 0.2) is 29.3 Å². The van der Waals surface area contributed by atoms with Crippen LogP contribution in [0.25, 0.3) is 0 Å². The number of nitrogens with zero attached hydrogens (tertiary/aromatic N) is 1. The topological polar surface area (TPSA) is 54.9 Å². The Bertz CT molecular complexity index is 643. The third-order valence-corrected chi connectivity index (χ3v) is 6.15. The number of hydrogen-bond acceptors (Lipinski definition) is 3. The van der Waals surface area contributed by atoms with E-state index in [1.165, 1.54) is 6.42 Å². The van der Waals surface area contributed by atoms with E-state index in [1.54, 1.807) is 19.2 Å². The van der Waals surface area contributed by atoms with Crippen molar-refractivity contribution in [3.8, 4) is 0 Å². The minimum absolute atomic E-state index is 0.0608. The minimum Gasteiger partial charge on any atom is -0.381 e. The highest BCUT2D eigenvalue weighted by molar-refractivity contribution is 5.80. The first-order valence-corrected chi connectivity index (χ1v) is 9.65. The van der Waals surface area contributed by atoms with Crippen LogP contribution in [0.4, 0.5) is 4.39 Å². The molecule has 3 unspecified atom stereocenters. The van der Waals surface area contributed by atoms with Gasteiger partial charge in [-0.05, 0) is 49.8 Å². The number of guanidine groups is 1. The Morgan fingerprint density at radius 2 is 2.00 bits per heavy atom. The van der Waals surface area contributed by atoms with Gasteiger partial charge < -0.3 is 20.1 Å². The van der Waals surface area contributed by atoms with E-state index in [2.05, 4.69) is 15.6 Å². The van der Waals surface area contributed by atoms with Gasteiger partial charge in [0.05, 0.1) is 18.2 Å². The van der Waals surface area contributed by atoms with Crippen LogP contribution >= 0.6 is 0 Å². The Morgan fingerprint density at radius 3 is 2.62 bits per heavy atom. The zero-order chi connectivity index (χ0) is 18.0. The molecular formula is C20H28FN3O2. The maximum atomic E-state index is 13.4. The normalized spacial score (nSPS) is 30.4. The number of halogens is 1. The number of benzene rings is 1. The Morgan fingerprint density at radius 1 is 1.23 bits per heavy atom. The van der Waals surface area contributed by atoms with E-state index in [4.69, 9.17) is 9.47 Å². The number of aliphatic imine (C=N–C) groups is 1. The molecule has 0 saturated carbocycles. The standard InChI is InChI=1S/C20H28FN3O2/c1-22-19(24-17-12-16-6-7-18(17)26-16)23-13-20(8-10-25-11-9-20)14-2-4-15(21)5-3-14/h2-5,16-18H,6-13H2,1H3,(H2,22,23,24). The molecule has 142 valence electrons. The molecule has 0 aliphatic carbocycles. The molecule has 6 heteroatoms. The van der Waals surface area contributed by atoms with E-state index in [0.717, 1.165) is 57.0 Å². The second kappa shape index (κ2) is 7.53. The summed E-state index contributed by atoms with van der Waals surface area (Å²) in [5.74, 6) is 0.622. The van der Waals surface area contributed by atoms with Gasteiger partial charge in [-0.1, -0.05) is 12.1 Å². The molecule has 0 radical (unpaired) electrons. The van der Waals surface area contributed by atoms with Crippen molar-refractivity contribution in [3.05, 3.63) is 35.6 Å². The van der Waals surface area contributed by atoms with Crippen LogP contribution in [-0.2, 0) is 14.9 Å². The van der Waals surface area contributed by atoms with Crippen molar-refractivity contribution in [2.45, 2.75) is 55.8 Å². The quantitative estimate of drug-likeness (QED) is 0.639. The summed E-state index contributed by atoms with van der Waals surface area (Å²) in [5.41, 5.74) is 1.10. The molecule has 1 aromatic carbocycles. The number of nitrogens with one attached hydrogen (secondary N) is 2. The highest BCUT2D eigenvalue weighted by atomic mass is 19.1. The van der Waals surface area contributed by atoms with Crippen molar-refractivity contribution in [2.24, 2.45) is 4.99 Å². The summed E-state index contributed by atoms with van der Waals surface area (Å²) in [4.78, 5) is 4.41. The van der Waals surface area contributed by atoms with Crippen LogP contribution in [0.1, 0.15) is 37.7 Å². The van der Waals surface area contributed by atoms with Gasteiger partial charge >= 0.3 is 0 Å². The fraction of sp³-hybridized carbons (Fsp3) is 0.650. The highest BCUT2D eigenvalue weighted by Crippen LogP contribution is 2.35. The van der Waals surface area contributed by atoms with Gasteiger partial charge in [0.2, 0.25) is 0 Å². The molecular weight excluding hydrogens is 333 g/mol. The number of fused-ring (bicyclic) bond motifs is 2. The molecule has 2 bridgehead atoms. The van der Waals surface area contributed by atoms with E-state index >= 15 is 0 Å². The molecule has 0 aromatic heterocycles. The molecule has 3 fully saturated rings. The largest absolute Gasteiger partial charge is 0.381 e. The van der Waals surface area contributed by atoms with Crippen molar-refractivity contribution < 1.29 is 13.9 Å². The number of ether oxygens (including phenoxy) is 2. The van der Waals surface area contributed by atoms with Crippen molar-refractivity contribution in [3.63, 3.8) is 0 Å². The average molecular weight is 361 g/mol. The average Bonchev–Trinajstić information content (AvgIpc) is 3.29. The van der Waals surface area contributed by atoms with Gasteiger partial charge in [-0.15, -0.1) is 0 Å². The van der Waals surface area contributed by atoms with Crippen molar-refractivity contribution in [2.75, 3.05) is 26.8 Å². The summed E-state index contributed by atoms with van der Waals surface area (Å²) in [6.45, 7) is 2.21. The second-order valence-electron chi connectivity index (χ2n) is 7.69. The molecule has 5 nitrogen and oxygen atoms in total.